The Morgan fingerprint density at radius 2 is 2.00 bits per heavy atom. The van der Waals surface area contributed by atoms with E-state index in [2.05, 4.69) is 16.0 Å². The highest BCUT2D eigenvalue weighted by atomic mass is 19.4. The van der Waals surface area contributed by atoms with Crippen molar-refractivity contribution in [3.05, 3.63) is 11.9 Å². The molecule has 1 heterocycles. The first kappa shape index (κ1) is 13.6. The summed E-state index contributed by atoms with van der Waals surface area (Å²) in [6.45, 7) is -0.596. The van der Waals surface area contributed by atoms with Crippen LogP contribution in [-0.4, -0.2) is 38.9 Å². The van der Waals surface area contributed by atoms with E-state index >= 15 is 0 Å². The first-order chi connectivity index (χ1) is 8.20. The van der Waals surface area contributed by atoms with Crippen molar-refractivity contribution in [2.24, 2.45) is 5.73 Å². The van der Waals surface area contributed by atoms with Gasteiger partial charge in [-0.3, -0.25) is 14.9 Å². The van der Waals surface area contributed by atoms with Crippen molar-refractivity contribution in [1.29, 1.82) is 0 Å². The number of halogens is 3. The van der Waals surface area contributed by atoms with Crippen molar-refractivity contribution in [3.8, 4) is 0 Å². The Balaban J connectivity index is 2.73. The first-order valence-electron chi connectivity index (χ1n) is 4.31. The number of Topliss-reactive ketones (excluding diaryl/α,β-unsaturated/α-hetero) is 1. The van der Waals surface area contributed by atoms with Gasteiger partial charge in [-0.2, -0.15) is 13.2 Å². The number of carbonyl (C=O) groups is 3. The van der Waals surface area contributed by atoms with Gasteiger partial charge in [0.05, 0.1) is 6.20 Å². The number of imide groups is 1. The van der Waals surface area contributed by atoms with Gasteiger partial charge in [-0.25, -0.2) is 9.48 Å². The van der Waals surface area contributed by atoms with Crippen molar-refractivity contribution in [1.82, 2.24) is 20.3 Å². The molecule has 0 bridgehead atoms. The average molecular weight is 265 g/mol. The largest absolute Gasteiger partial charge is 0.456 e. The second kappa shape index (κ2) is 4.81. The van der Waals surface area contributed by atoms with E-state index in [0.717, 1.165) is 0 Å². The molecule has 0 fully saturated rings. The van der Waals surface area contributed by atoms with Gasteiger partial charge in [-0.1, -0.05) is 5.21 Å². The number of nitrogens with zero attached hydrogens (tertiary/aromatic N) is 3. The molecule has 0 atom stereocenters. The fraction of sp³-hybridized carbons (Fsp3) is 0.286. The van der Waals surface area contributed by atoms with Gasteiger partial charge >= 0.3 is 12.2 Å². The molecule has 1 aromatic rings. The molecule has 8 nitrogen and oxygen atoms in total. The Hall–Kier alpha value is -2.46. The minimum Gasteiger partial charge on any atom is -0.351 e. The number of aromatic nitrogens is 3. The van der Waals surface area contributed by atoms with E-state index in [1.54, 1.807) is 5.32 Å². The summed E-state index contributed by atoms with van der Waals surface area (Å²) < 4.78 is 36.7. The molecule has 0 spiro atoms. The maximum atomic E-state index is 12.0. The van der Waals surface area contributed by atoms with Gasteiger partial charge in [-0.15, -0.1) is 5.10 Å². The standard InChI is InChI=1S/C7H6F3N5O3/c8-7(9,10)5(17)3-1-15(14-13-3)2-4(16)12-6(11)18/h1H,2H2,(H3,11,12,16,18). The SMILES string of the molecule is NC(=O)NC(=O)Cn1cc(C(=O)C(F)(F)F)nn1. The highest BCUT2D eigenvalue weighted by molar-refractivity contribution is 5.98. The molecule has 0 aliphatic heterocycles. The number of urea groups is 1. The highest BCUT2D eigenvalue weighted by Crippen LogP contribution is 2.19. The van der Waals surface area contributed by atoms with Crippen LogP contribution < -0.4 is 11.1 Å². The zero-order chi connectivity index (χ0) is 13.9. The van der Waals surface area contributed by atoms with Crippen LogP contribution in [0.2, 0.25) is 0 Å². The maximum absolute atomic E-state index is 12.0. The number of nitrogens with one attached hydrogen (secondary N) is 1. The molecule has 18 heavy (non-hydrogen) atoms. The summed E-state index contributed by atoms with van der Waals surface area (Å²) in [6.07, 6.45) is -4.44. The smallest absolute Gasteiger partial charge is 0.351 e. The van der Waals surface area contributed by atoms with Gasteiger partial charge in [0, 0.05) is 0 Å². The zero-order valence-electron chi connectivity index (χ0n) is 8.56. The van der Waals surface area contributed by atoms with E-state index in [1.165, 1.54) is 0 Å². The van der Waals surface area contributed by atoms with E-state index in [0.29, 0.717) is 10.9 Å². The summed E-state index contributed by atoms with van der Waals surface area (Å²) in [5.74, 6) is -3.08. The second-order valence-corrected chi connectivity index (χ2v) is 3.04. The molecule has 0 unspecified atom stereocenters. The fourth-order valence-corrected chi connectivity index (χ4v) is 0.949. The monoisotopic (exact) mass is 265 g/mol. The number of rotatable bonds is 3. The maximum Gasteiger partial charge on any atom is 0.456 e. The number of amides is 3. The second-order valence-electron chi connectivity index (χ2n) is 3.04. The molecule has 11 heteroatoms. The molecule has 0 saturated heterocycles. The van der Waals surface area contributed by atoms with Crippen LogP contribution in [-0.2, 0) is 11.3 Å². The minimum absolute atomic E-state index is 0.596. The predicted molar refractivity (Wildman–Crippen MR) is 48.1 cm³/mol. The van der Waals surface area contributed by atoms with Crippen molar-refractivity contribution in [2.45, 2.75) is 12.7 Å². The summed E-state index contributed by atoms with van der Waals surface area (Å²) in [4.78, 5) is 32.0. The van der Waals surface area contributed by atoms with Gasteiger partial charge in [0.1, 0.15) is 6.54 Å². The Kier molecular flexibility index (Phi) is 3.64. The lowest BCUT2D eigenvalue weighted by Gasteiger charge is -2.00. The molecule has 0 aliphatic carbocycles. The number of alkyl halides is 3. The molecule has 0 aliphatic rings. The van der Waals surface area contributed by atoms with Crippen LogP contribution in [0.25, 0.3) is 0 Å². The van der Waals surface area contributed by atoms with Gasteiger partial charge in [0.15, 0.2) is 5.69 Å². The van der Waals surface area contributed by atoms with Crippen LogP contribution in [0.15, 0.2) is 6.20 Å². The van der Waals surface area contributed by atoms with E-state index in [9.17, 15) is 27.6 Å². The quantitative estimate of drug-likeness (QED) is 0.694. The molecule has 98 valence electrons. The first-order valence-corrected chi connectivity index (χ1v) is 4.31. The number of carbonyl (C=O) groups excluding carboxylic acids is 3. The lowest BCUT2D eigenvalue weighted by molar-refractivity contribution is -0.120. The van der Waals surface area contributed by atoms with Crippen molar-refractivity contribution < 1.29 is 27.6 Å². The lowest BCUT2D eigenvalue weighted by Crippen LogP contribution is -2.37. The highest BCUT2D eigenvalue weighted by Gasteiger charge is 2.41. The normalized spacial score (nSPS) is 11.1. The van der Waals surface area contributed by atoms with Crippen molar-refractivity contribution >= 4 is 17.7 Å². The molecule has 0 saturated carbocycles. The molecule has 3 amide bonds. The van der Waals surface area contributed by atoms with Crippen molar-refractivity contribution in [2.75, 3.05) is 0 Å². The van der Waals surface area contributed by atoms with E-state index in [1.807, 2.05) is 0 Å². The molecule has 1 rings (SSSR count). The molecular formula is C7H6F3N5O3. The minimum atomic E-state index is -5.07. The Bertz CT molecular complexity index is 495. The van der Waals surface area contributed by atoms with Gasteiger partial charge in [-0.05, 0) is 0 Å². The number of primary amides is 1. The topological polar surface area (TPSA) is 120 Å². The van der Waals surface area contributed by atoms with E-state index < -0.39 is 36.1 Å². The summed E-state index contributed by atoms with van der Waals surface area (Å²) in [5, 5.41) is 7.76. The number of ketones is 1. The third kappa shape index (κ3) is 3.54. The molecule has 1 aromatic heterocycles. The third-order valence-electron chi connectivity index (χ3n) is 1.60. The van der Waals surface area contributed by atoms with Crippen LogP contribution >= 0.6 is 0 Å². The average Bonchev–Trinajstić information content (AvgIpc) is 2.61. The molecular weight excluding hydrogens is 259 g/mol. The number of nitrogens with two attached hydrogens (primary N) is 1. The van der Waals surface area contributed by atoms with E-state index in [-0.39, 0.29) is 0 Å². The van der Waals surface area contributed by atoms with Crippen LogP contribution in [0.5, 0.6) is 0 Å². The van der Waals surface area contributed by atoms with Crippen LogP contribution in [0, 0.1) is 0 Å². The van der Waals surface area contributed by atoms with Crippen molar-refractivity contribution in [3.63, 3.8) is 0 Å². The van der Waals surface area contributed by atoms with E-state index in [4.69, 9.17) is 0 Å². The Labute approximate surface area is 96.9 Å². The molecule has 0 aromatic carbocycles. The van der Waals surface area contributed by atoms with Gasteiger partial charge in [0.2, 0.25) is 5.91 Å². The predicted octanol–water partition coefficient (Wildman–Crippen LogP) is -0.782. The number of hydrogen-bond donors (Lipinski definition) is 2. The summed E-state index contributed by atoms with van der Waals surface area (Å²) in [5.41, 5.74) is 3.69. The summed E-state index contributed by atoms with van der Waals surface area (Å²) in [6, 6.07) is -1.12. The third-order valence-corrected chi connectivity index (χ3v) is 1.60. The summed E-state index contributed by atoms with van der Waals surface area (Å²) >= 11 is 0. The molecule has 0 radical (unpaired) electrons. The van der Waals surface area contributed by atoms with Gasteiger partial charge in [0.25, 0.3) is 5.78 Å². The lowest BCUT2D eigenvalue weighted by atomic mass is 10.3. The Morgan fingerprint density at radius 1 is 1.39 bits per heavy atom. The number of hydrogen-bond acceptors (Lipinski definition) is 5. The van der Waals surface area contributed by atoms with Crippen LogP contribution in [0.4, 0.5) is 18.0 Å². The zero-order valence-corrected chi connectivity index (χ0v) is 8.56. The summed E-state index contributed by atoms with van der Waals surface area (Å²) in [7, 11) is 0. The van der Waals surface area contributed by atoms with Gasteiger partial charge < -0.3 is 5.73 Å². The van der Waals surface area contributed by atoms with Crippen LogP contribution in [0.1, 0.15) is 10.5 Å². The molecule has 3 N–H and O–H groups in total. The Morgan fingerprint density at radius 3 is 2.50 bits per heavy atom. The van der Waals surface area contributed by atoms with Crippen LogP contribution in [0.3, 0.4) is 0 Å². The fourth-order valence-electron chi connectivity index (χ4n) is 0.949.